The average molecular weight is 502 g/mol. The van der Waals surface area contributed by atoms with Crippen LogP contribution in [0.4, 0.5) is 0 Å². The van der Waals surface area contributed by atoms with E-state index in [2.05, 4.69) is 10.3 Å². The first kappa shape index (κ1) is 22.3. The molecule has 142 valence electrons. The molecule has 2 rings (SSSR count). The van der Waals surface area contributed by atoms with Crippen LogP contribution >= 0.6 is 35.6 Å². The standard InChI is InChI=1S/C16H24ClN3O3S.HI/c1-16(2)12-20(9-11-24(16,21)22)15(18-3)19-8-10-23-14-6-4-13(17)5-7-14;/h4-7H,8-12H2,1-3H3,(H,18,19);1H. The van der Waals surface area contributed by atoms with Crippen molar-refractivity contribution in [1.82, 2.24) is 10.2 Å². The predicted octanol–water partition coefficient (Wildman–Crippen LogP) is 2.42. The Morgan fingerprint density at radius 2 is 2.00 bits per heavy atom. The van der Waals surface area contributed by atoms with Crippen LogP contribution in [0.1, 0.15) is 13.8 Å². The van der Waals surface area contributed by atoms with Crippen LogP contribution in [-0.4, -0.2) is 63.1 Å². The molecule has 1 saturated heterocycles. The van der Waals surface area contributed by atoms with Crippen molar-refractivity contribution >= 4 is 51.4 Å². The zero-order valence-corrected chi connectivity index (χ0v) is 18.6. The minimum Gasteiger partial charge on any atom is -0.492 e. The first-order valence-corrected chi connectivity index (χ1v) is 9.84. The summed E-state index contributed by atoms with van der Waals surface area (Å²) in [4.78, 5) is 6.22. The van der Waals surface area contributed by atoms with E-state index in [4.69, 9.17) is 16.3 Å². The molecule has 0 saturated carbocycles. The molecule has 0 unspecified atom stereocenters. The van der Waals surface area contributed by atoms with Gasteiger partial charge in [0, 0.05) is 25.2 Å². The first-order chi connectivity index (χ1) is 11.2. The summed E-state index contributed by atoms with van der Waals surface area (Å²) in [5.74, 6) is 1.58. The molecule has 0 bridgehead atoms. The van der Waals surface area contributed by atoms with Crippen LogP contribution in [0.2, 0.25) is 5.02 Å². The lowest BCUT2D eigenvalue weighted by Gasteiger charge is -2.39. The van der Waals surface area contributed by atoms with Gasteiger partial charge in [-0.25, -0.2) is 8.42 Å². The fourth-order valence-corrected chi connectivity index (χ4v) is 4.01. The molecule has 9 heteroatoms. The number of ether oxygens (including phenoxy) is 1. The molecular weight excluding hydrogens is 477 g/mol. The molecule has 1 aromatic carbocycles. The van der Waals surface area contributed by atoms with Crippen molar-refractivity contribution in [2.75, 3.05) is 39.0 Å². The van der Waals surface area contributed by atoms with Gasteiger partial charge in [0.05, 0.1) is 17.0 Å². The lowest BCUT2D eigenvalue weighted by atomic mass is 10.2. The fourth-order valence-electron chi connectivity index (χ4n) is 2.52. The molecule has 1 aromatic rings. The van der Waals surface area contributed by atoms with Crippen molar-refractivity contribution in [3.05, 3.63) is 29.3 Å². The lowest BCUT2D eigenvalue weighted by molar-refractivity contribution is 0.313. The van der Waals surface area contributed by atoms with E-state index in [0.717, 1.165) is 5.75 Å². The normalized spacial score (nSPS) is 19.0. The summed E-state index contributed by atoms with van der Waals surface area (Å²) in [6, 6.07) is 7.18. The zero-order chi connectivity index (χ0) is 17.8. The Labute approximate surface area is 171 Å². The van der Waals surface area contributed by atoms with Gasteiger partial charge in [0.2, 0.25) is 0 Å². The molecule has 0 aliphatic carbocycles. The molecule has 0 radical (unpaired) electrons. The van der Waals surface area contributed by atoms with Gasteiger partial charge < -0.3 is 15.0 Å². The SMILES string of the molecule is CN=C(NCCOc1ccc(Cl)cc1)N1CCS(=O)(=O)C(C)(C)C1.I. The minimum atomic E-state index is -3.06. The lowest BCUT2D eigenvalue weighted by Crippen LogP contribution is -2.57. The summed E-state index contributed by atoms with van der Waals surface area (Å²) in [7, 11) is -1.37. The number of nitrogens with one attached hydrogen (secondary N) is 1. The number of benzene rings is 1. The third kappa shape index (κ3) is 5.89. The maximum Gasteiger partial charge on any atom is 0.193 e. The zero-order valence-electron chi connectivity index (χ0n) is 14.7. The Morgan fingerprint density at radius 1 is 1.36 bits per heavy atom. The van der Waals surface area contributed by atoms with Crippen molar-refractivity contribution < 1.29 is 13.2 Å². The van der Waals surface area contributed by atoms with E-state index in [1.165, 1.54) is 0 Å². The highest BCUT2D eigenvalue weighted by Crippen LogP contribution is 2.23. The first-order valence-electron chi connectivity index (χ1n) is 7.81. The predicted molar refractivity (Wildman–Crippen MR) is 113 cm³/mol. The summed E-state index contributed by atoms with van der Waals surface area (Å²) < 4.78 is 29.0. The van der Waals surface area contributed by atoms with Gasteiger partial charge in [0.25, 0.3) is 0 Å². The number of aliphatic imine (C=N–C) groups is 1. The summed E-state index contributed by atoms with van der Waals surface area (Å²) in [6.07, 6.45) is 0. The van der Waals surface area contributed by atoms with E-state index in [-0.39, 0.29) is 29.7 Å². The van der Waals surface area contributed by atoms with E-state index >= 15 is 0 Å². The van der Waals surface area contributed by atoms with Crippen molar-refractivity contribution in [2.24, 2.45) is 4.99 Å². The number of rotatable bonds is 4. The summed E-state index contributed by atoms with van der Waals surface area (Å²) >= 11 is 5.83. The van der Waals surface area contributed by atoms with Gasteiger partial charge in [-0.2, -0.15) is 0 Å². The molecule has 6 nitrogen and oxygen atoms in total. The summed E-state index contributed by atoms with van der Waals surface area (Å²) in [6.45, 7) is 5.42. The summed E-state index contributed by atoms with van der Waals surface area (Å²) in [5, 5.41) is 3.89. The molecule has 0 spiro atoms. The van der Waals surface area contributed by atoms with E-state index in [9.17, 15) is 8.42 Å². The number of hydrogen-bond acceptors (Lipinski definition) is 4. The van der Waals surface area contributed by atoms with Crippen LogP contribution in [0.15, 0.2) is 29.3 Å². The Balaban J connectivity index is 0.00000312. The van der Waals surface area contributed by atoms with Crippen LogP contribution < -0.4 is 10.1 Å². The highest BCUT2D eigenvalue weighted by Gasteiger charge is 2.40. The second-order valence-corrected chi connectivity index (χ2v) is 9.46. The average Bonchev–Trinajstić information content (AvgIpc) is 2.52. The minimum absolute atomic E-state index is 0. The second kappa shape index (κ2) is 9.27. The smallest absolute Gasteiger partial charge is 0.193 e. The maximum absolute atomic E-state index is 12.1. The molecule has 0 amide bonds. The third-order valence-corrected chi connectivity index (χ3v) is 6.81. The Kier molecular flexibility index (Phi) is 8.27. The molecule has 0 aromatic heterocycles. The monoisotopic (exact) mass is 501 g/mol. The van der Waals surface area contributed by atoms with Crippen LogP contribution in [0.25, 0.3) is 0 Å². The summed E-state index contributed by atoms with van der Waals surface area (Å²) in [5.41, 5.74) is 0. The molecule has 0 atom stereocenters. The highest BCUT2D eigenvalue weighted by molar-refractivity contribution is 14.0. The Hall–Kier alpha value is -0.740. The highest BCUT2D eigenvalue weighted by atomic mass is 127. The van der Waals surface area contributed by atoms with Crippen molar-refractivity contribution in [3.8, 4) is 5.75 Å². The van der Waals surface area contributed by atoms with E-state index in [0.29, 0.717) is 37.2 Å². The molecule has 1 fully saturated rings. The number of sulfone groups is 1. The second-order valence-electron chi connectivity index (χ2n) is 6.28. The van der Waals surface area contributed by atoms with Crippen LogP contribution in [-0.2, 0) is 9.84 Å². The fraction of sp³-hybridized carbons (Fsp3) is 0.562. The van der Waals surface area contributed by atoms with Gasteiger partial charge in [0.15, 0.2) is 15.8 Å². The Morgan fingerprint density at radius 3 is 2.56 bits per heavy atom. The Bertz CT molecular complexity index is 693. The van der Waals surface area contributed by atoms with E-state index in [1.54, 1.807) is 33.0 Å². The van der Waals surface area contributed by atoms with Crippen LogP contribution in [0.3, 0.4) is 0 Å². The van der Waals surface area contributed by atoms with Crippen molar-refractivity contribution in [2.45, 2.75) is 18.6 Å². The van der Waals surface area contributed by atoms with Crippen molar-refractivity contribution in [1.29, 1.82) is 0 Å². The third-order valence-electron chi connectivity index (χ3n) is 4.02. The van der Waals surface area contributed by atoms with Gasteiger partial charge in [-0.3, -0.25) is 4.99 Å². The number of halogens is 2. The molecule has 1 heterocycles. The van der Waals surface area contributed by atoms with Crippen molar-refractivity contribution in [3.63, 3.8) is 0 Å². The van der Waals surface area contributed by atoms with Gasteiger partial charge in [-0.05, 0) is 38.1 Å². The van der Waals surface area contributed by atoms with Gasteiger partial charge in [-0.15, -0.1) is 24.0 Å². The molecule has 1 aliphatic heterocycles. The molecule has 25 heavy (non-hydrogen) atoms. The maximum atomic E-state index is 12.1. The van der Waals surface area contributed by atoms with Crippen LogP contribution in [0.5, 0.6) is 5.75 Å². The quantitative estimate of drug-likeness (QED) is 0.297. The molecule has 1 N–H and O–H groups in total. The number of hydrogen-bond donors (Lipinski definition) is 1. The molecular formula is C16H25ClIN3O3S. The van der Waals surface area contributed by atoms with Gasteiger partial charge in [-0.1, -0.05) is 11.6 Å². The van der Waals surface area contributed by atoms with E-state index < -0.39 is 14.6 Å². The molecule has 1 aliphatic rings. The van der Waals surface area contributed by atoms with Gasteiger partial charge >= 0.3 is 0 Å². The topological polar surface area (TPSA) is 71.0 Å². The largest absolute Gasteiger partial charge is 0.492 e. The number of guanidine groups is 1. The van der Waals surface area contributed by atoms with E-state index in [1.807, 2.05) is 17.0 Å². The van der Waals surface area contributed by atoms with Gasteiger partial charge in [0.1, 0.15) is 12.4 Å². The van der Waals surface area contributed by atoms with Crippen LogP contribution in [0, 0.1) is 0 Å². The number of nitrogens with zero attached hydrogens (tertiary/aromatic N) is 2.